The summed E-state index contributed by atoms with van der Waals surface area (Å²) in [4.78, 5) is 0. The van der Waals surface area contributed by atoms with Crippen LogP contribution in [0.3, 0.4) is 0 Å². The van der Waals surface area contributed by atoms with Crippen LogP contribution in [-0.2, 0) is 0 Å². The Labute approximate surface area is 44.9 Å². The van der Waals surface area contributed by atoms with Crippen LogP contribution in [0, 0.1) is 18.3 Å². The predicted octanol–water partition coefficient (Wildman–Crippen LogP) is 2.01. The van der Waals surface area contributed by atoms with Gasteiger partial charge in [0.2, 0.25) is 0 Å². The molecule has 3 aliphatic carbocycles. The lowest BCUT2D eigenvalue weighted by Crippen LogP contribution is -2.29. The zero-order chi connectivity index (χ0) is 4.69. The summed E-state index contributed by atoms with van der Waals surface area (Å²) in [6, 6.07) is 0. The fourth-order valence-electron chi connectivity index (χ4n) is 1.81. The first-order valence-electron chi connectivity index (χ1n) is 3.30. The molecule has 3 aliphatic rings. The van der Waals surface area contributed by atoms with Gasteiger partial charge in [-0.15, -0.1) is 0 Å². The maximum absolute atomic E-state index is 2.53. The summed E-state index contributed by atoms with van der Waals surface area (Å²) in [6.07, 6.45) is 8.56. The van der Waals surface area contributed by atoms with Crippen molar-refractivity contribution in [2.45, 2.75) is 25.7 Å². The van der Waals surface area contributed by atoms with Gasteiger partial charge in [-0.2, -0.15) is 0 Å². The first kappa shape index (κ1) is 3.94. The molecule has 0 aromatic heterocycles. The van der Waals surface area contributed by atoms with Gasteiger partial charge >= 0.3 is 0 Å². The highest BCUT2D eigenvalue weighted by Crippen LogP contribution is 2.44. The summed E-state index contributed by atoms with van der Waals surface area (Å²) >= 11 is 0. The molecule has 0 heterocycles. The van der Waals surface area contributed by atoms with E-state index in [0.717, 1.165) is 11.8 Å². The molecule has 7 heavy (non-hydrogen) atoms. The van der Waals surface area contributed by atoms with Gasteiger partial charge in [0, 0.05) is 0 Å². The third kappa shape index (κ3) is 0.490. The minimum Gasteiger partial charge on any atom is -0.0528 e. The van der Waals surface area contributed by atoms with Gasteiger partial charge in [-0.1, -0.05) is 19.3 Å². The maximum atomic E-state index is 2.53. The van der Waals surface area contributed by atoms with Crippen molar-refractivity contribution >= 4 is 0 Å². The van der Waals surface area contributed by atoms with Gasteiger partial charge in [-0.05, 0) is 24.7 Å². The first-order chi connectivity index (χ1) is 3.45. The average molecular weight is 95.2 g/mol. The second kappa shape index (κ2) is 1.24. The van der Waals surface area contributed by atoms with Gasteiger partial charge in [0.25, 0.3) is 0 Å². The van der Waals surface area contributed by atoms with E-state index < -0.39 is 0 Å². The van der Waals surface area contributed by atoms with E-state index in [2.05, 4.69) is 6.42 Å². The zero-order valence-electron chi connectivity index (χ0n) is 4.56. The molecule has 2 atom stereocenters. The molecular weight excluding hydrogens is 84.1 g/mol. The highest BCUT2D eigenvalue weighted by molar-refractivity contribution is 4.99. The number of rotatable bonds is 0. The lowest BCUT2D eigenvalue weighted by Gasteiger charge is -2.40. The molecule has 0 nitrogen and oxygen atoms in total. The van der Waals surface area contributed by atoms with E-state index in [1.165, 1.54) is 25.7 Å². The first-order valence-corrected chi connectivity index (χ1v) is 3.30. The number of hydrogen-bond acceptors (Lipinski definition) is 0. The molecule has 2 unspecified atom stereocenters. The fraction of sp³-hybridized carbons (Fsp3) is 0.857. The summed E-state index contributed by atoms with van der Waals surface area (Å²) < 4.78 is 0. The highest BCUT2D eigenvalue weighted by atomic mass is 14.4. The van der Waals surface area contributed by atoms with Crippen LogP contribution in [0.4, 0.5) is 0 Å². The van der Waals surface area contributed by atoms with Gasteiger partial charge < -0.3 is 0 Å². The molecule has 3 rings (SSSR count). The Bertz CT molecular complexity index is 56.6. The Kier molecular flexibility index (Phi) is 0.697. The van der Waals surface area contributed by atoms with Crippen LogP contribution in [0.1, 0.15) is 25.7 Å². The van der Waals surface area contributed by atoms with Gasteiger partial charge in [0.15, 0.2) is 0 Å². The van der Waals surface area contributed by atoms with Gasteiger partial charge in [-0.3, -0.25) is 0 Å². The third-order valence-electron chi connectivity index (χ3n) is 2.30. The Balaban J connectivity index is 1.99. The smallest absolute Gasteiger partial charge is 0.0323 e. The van der Waals surface area contributed by atoms with E-state index in [9.17, 15) is 0 Å². The van der Waals surface area contributed by atoms with Crippen LogP contribution in [0.5, 0.6) is 0 Å². The molecule has 0 heteroatoms. The molecule has 3 fully saturated rings. The fourth-order valence-corrected chi connectivity index (χ4v) is 1.81. The van der Waals surface area contributed by atoms with Crippen LogP contribution in [0.15, 0.2) is 0 Å². The normalized spacial score (nSPS) is 48.0. The lowest BCUT2D eigenvalue weighted by atomic mass is 9.65. The van der Waals surface area contributed by atoms with Crippen molar-refractivity contribution in [1.82, 2.24) is 0 Å². The Morgan fingerprint density at radius 2 is 1.71 bits per heavy atom. The van der Waals surface area contributed by atoms with E-state index in [4.69, 9.17) is 0 Å². The summed E-state index contributed by atoms with van der Waals surface area (Å²) in [5.41, 5.74) is 0. The third-order valence-corrected chi connectivity index (χ3v) is 2.30. The van der Waals surface area contributed by atoms with Gasteiger partial charge in [-0.25, -0.2) is 0 Å². The van der Waals surface area contributed by atoms with Crippen molar-refractivity contribution in [3.05, 3.63) is 6.42 Å². The predicted molar refractivity (Wildman–Crippen MR) is 29.7 cm³/mol. The van der Waals surface area contributed by atoms with E-state index in [-0.39, 0.29) is 0 Å². The second-order valence-corrected chi connectivity index (χ2v) is 2.88. The molecule has 1 radical (unpaired) electrons. The topological polar surface area (TPSA) is 0 Å². The second-order valence-electron chi connectivity index (χ2n) is 2.88. The highest BCUT2D eigenvalue weighted by Gasteiger charge is 2.32. The summed E-state index contributed by atoms with van der Waals surface area (Å²) in [5.74, 6) is 2.11. The summed E-state index contributed by atoms with van der Waals surface area (Å²) in [7, 11) is 0. The average Bonchev–Trinajstić information content (AvgIpc) is 1.67. The molecule has 3 saturated carbocycles. The zero-order valence-corrected chi connectivity index (χ0v) is 4.56. The van der Waals surface area contributed by atoms with Crippen molar-refractivity contribution in [2.75, 3.05) is 0 Å². The molecular formula is C7H11. The van der Waals surface area contributed by atoms with Crippen molar-refractivity contribution in [3.8, 4) is 0 Å². The SMILES string of the molecule is [CH]1C2CCCC1C2. The van der Waals surface area contributed by atoms with Crippen LogP contribution in [0.25, 0.3) is 0 Å². The standard InChI is InChI=1S/C7H11/c1-2-6-4-7(3-1)5-6/h4,6-7H,1-3,5H2. The molecule has 0 N–H and O–H groups in total. The summed E-state index contributed by atoms with van der Waals surface area (Å²) in [5, 5.41) is 0. The Morgan fingerprint density at radius 1 is 1.14 bits per heavy atom. The molecule has 2 bridgehead atoms. The Morgan fingerprint density at radius 3 is 1.86 bits per heavy atom. The monoisotopic (exact) mass is 95.1 g/mol. The van der Waals surface area contributed by atoms with Crippen LogP contribution >= 0.6 is 0 Å². The van der Waals surface area contributed by atoms with E-state index in [1.54, 1.807) is 0 Å². The van der Waals surface area contributed by atoms with Crippen molar-refractivity contribution < 1.29 is 0 Å². The van der Waals surface area contributed by atoms with Crippen LogP contribution < -0.4 is 0 Å². The van der Waals surface area contributed by atoms with Crippen LogP contribution in [-0.4, -0.2) is 0 Å². The molecule has 0 saturated heterocycles. The Hall–Kier alpha value is 0. The minimum absolute atomic E-state index is 1.05. The number of hydrogen-bond donors (Lipinski definition) is 0. The molecule has 0 aromatic rings. The van der Waals surface area contributed by atoms with E-state index >= 15 is 0 Å². The lowest BCUT2D eigenvalue weighted by molar-refractivity contribution is 0.206. The van der Waals surface area contributed by atoms with Gasteiger partial charge in [0.05, 0.1) is 0 Å². The largest absolute Gasteiger partial charge is 0.0528 e. The maximum Gasteiger partial charge on any atom is -0.0323 e. The molecule has 0 aromatic carbocycles. The van der Waals surface area contributed by atoms with Gasteiger partial charge in [0.1, 0.15) is 0 Å². The molecule has 0 amide bonds. The van der Waals surface area contributed by atoms with E-state index in [1.807, 2.05) is 0 Å². The molecule has 0 spiro atoms. The van der Waals surface area contributed by atoms with Crippen LogP contribution in [0.2, 0.25) is 0 Å². The van der Waals surface area contributed by atoms with Crippen molar-refractivity contribution in [1.29, 1.82) is 0 Å². The van der Waals surface area contributed by atoms with Crippen molar-refractivity contribution in [3.63, 3.8) is 0 Å². The number of fused-ring (bicyclic) bond motifs is 2. The summed E-state index contributed by atoms with van der Waals surface area (Å²) in [6.45, 7) is 0. The van der Waals surface area contributed by atoms with Crippen molar-refractivity contribution in [2.24, 2.45) is 11.8 Å². The quantitative estimate of drug-likeness (QED) is 0.431. The minimum atomic E-state index is 1.05. The molecule has 0 aliphatic heterocycles. The van der Waals surface area contributed by atoms with E-state index in [0.29, 0.717) is 0 Å². The molecule has 39 valence electrons.